The van der Waals surface area contributed by atoms with Gasteiger partial charge in [-0.25, -0.2) is 0 Å². The van der Waals surface area contributed by atoms with Crippen LogP contribution < -0.4 is 10.1 Å². The predicted molar refractivity (Wildman–Crippen MR) is 119 cm³/mol. The molecule has 1 fully saturated rings. The van der Waals surface area contributed by atoms with Crippen LogP contribution in [0.15, 0.2) is 66.7 Å². The molecule has 0 bridgehead atoms. The van der Waals surface area contributed by atoms with Gasteiger partial charge in [-0.05, 0) is 46.9 Å². The minimum Gasteiger partial charge on any atom is -0.497 e. The molecule has 1 aliphatic heterocycles. The minimum atomic E-state index is -1.23. The molecule has 0 aromatic heterocycles. The maximum Gasteiger partial charge on any atom is 0.238 e. The second-order valence-electron chi connectivity index (χ2n) is 8.02. The van der Waals surface area contributed by atoms with E-state index >= 15 is 0 Å². The van der Waals surface area contributed by atoms with E-state index in [-0.39, 0.29) is 11.6 Å². The molecule has 3 aromatic rings. The van der Waals surface area contributed by atoms with E-state index in [0.29, 0.717) is 12.8 Å². The first kappa shape index (κ1) is 20.8. The summed E-state index contributed by atoms with van der Waals surface area (Å²) in [5.74, 6) is -2.17. The van der Waals surface area contributed by atoms with Crippen molar-refractivity contribution in [1.29, 1.82) is 0 Å². The number of nitrogens with one attached hydrogen (secondary N) is 1. The average molecular weight is 415 g/mol. The lowest BCUT2D eigenvalue weighted by Gasteiger charge is -2.15. The van der Waals surface area contributed by atoms with Gasteiger partial charge in [0, 0.05) is 5.92 Å². The van der Waals surface area contributed by atoms with Gasteiger partial charge in [0.05, 0.1) is 13.2 Å². The predicted octanol–water partition coefficient (Wildman–Crippen LogP) is 3.84. The number of methoxy groups -OCH3 is 1. The summed E-state index contributed by atoms with van der Waals surface area (Å²) in [7, 11) is 1.62. The zero-order chi connectivity index (χ0) is 22.0. The summed E-state index contributed by atoms with van der Waals surface area (Å²) in [5.41, 5.74) is 1.89. The highest BCUT2D eigenvalue weighted by Crippen LogP contribution is 2.29. The summed E-state index contributed by atoms with van der Waals surface area (Å²) < 4.78 is 5.25. The number of Topliss-reactive ketones (excluding diaryl/α,β-unsaturated/α-hetero) is 2. The van der Waals surface area contributed by atoms with Crippen LogP contribution in [0.4, 0.5) is 0 Å². The molecule has 31 heavy (non-hydrogen) atoms. The Hall–Kier alpha value is -3.47. The molecule has 0 spiro atoms. The van der Waals surface area contributed by atoms with Gasteiger partial charge in [0.25, 0.3) is 0 Å². The van der Waals surface area contributed by atoms with E-state index < -0.39 is 23.8 Å². The molecule has 1 heterocycles. The molecular weight excluding hydrogens is 390 g/mol. The number of ether oxygens (including phenoxy) is 1. The molecule has 1 aliphatic rings. The molecule has 3 aromatic carbocycles. The maximum absolute atomic E-state index is 13.1. The SMILES string of the molecule is COc1ccc2cc(C(C)C(=O)C3C(=O)NC(CCc4ccccc4)C3=O)ccc2c1. The number of benzene rings is 3. The third-order valence-electron chi connectivity index (χ3n) is 6.05. The first-order valence-corrected chi connectivity index (χ1v) is 10.5. The number of fused-ring (bicyclic) bond motifs is 1. The molecule has 3 atom stereocenters. The molecule has 4 rings (SSSR count). The van der Waals surface area contributed by atoms with Crippen molar-refractivity contribution in [3.05, 3.63) is 77.9 Å². The number of carbonyl (C=O) groups is 3. The zero-order valence-electron chi connectivity index (χ0n) is 17.6. The van der Waals surface area contributed by atoms with Crippen LogP contribution in [-0.4, -0.2) is 30.6 Å². The number of hydrogen-bond acceptors (Lipinski definition) is 4. The van der Waals surface area contributed by atoms with Crippen molar-refractivity contribution in [2.75, 3.05) is 7.11 Å². The number of ketones is 2. The fraction of sp³-hybridized carbons (Fsp3) is 0.269. The van der Waals surface area contributed by atoms with Crippen LogP contribution in [0.1, 0.15) is 30.4 Å². The van der Waals surface area contributed by atoms with E-state index in [1.54, 1.807) is 14.0 Å². The Morgan fingerprint density at radius 2 is 1.71 bits per heavy atom. The van der Waals surface area contributed by atoms with Crippen LogP contribution in [0.5, 0.6) is 5.75 Å². The Labute approximate surface area is 181 Å². The van der Waals surface area contributed by atoms with Crippen molar-refractivity contribution in [2.24, 2.45) is 5.92 Å². The minimum absolute atomic E-state index is 0.316. The Balaban J connectivity index is 1.48. The van der Waals surface area contributed by atoms with Crippen LogP contribution in [0.2, 0.25) is 0 Å². The van der Waals surface area contributed by atoms with Crippen LogP contribution in [0.3, 0.4) is 0 Å². The number of carbonyl (C=O) groups excluding carboxylic acids is 3. The van der Waals surface area contributed by atoms with Gasteiger partial charge in [-0.15, -0.1) is 0 Å². The van der Waals surface area contributed by atoms with Crippen molar-refractivity contribution in [3.63, 3.8) is 0 Å². The van der Waals surface area contributed by atoms with Crippen molar-refractivity contribution < 1.29 is 19.1 Å². The highest BCUT2D eigenvalue weighted by molar-refractivity contribution is 6.25. The number of aryl methyl sites for hydroxylation is 1. The second kappa shape index (κ2) is 8.72. The van der Waals surface area contributed by atoms with Gasteiger partial charge >= 0.3 is 0 Å². The molecule has 5 nitrogen and oxygen atoms in total. The van der Waals surface area contributed by atoms with Crippen LogP contribution in [-0.2, 0) is 20.8 Å². The quantitative estimate of drug-likeness (QED) is 0.595. The van der Waals surface area contributed by atoms with E-state index in [9.17, 15) is 14.4 Å². The van der Waals surface area contributed by atoms with E-state index in [1.165, 1.54) is 0 Å². The smallest absolute Gasteiger partial charge is 0.238 e. The lowest BCUT2D eigenvalue weighted by atomic mass is 9.85. The van der Waals surface area contributed by atoms with Crippen molar-refractivity contribution in [3.8, 4) is 5.75 Å². The molecular formula is C26H25NO4. The monoisotopic (exact) mass is 415 g/mol. The molecule has 0 radical (unpaired) electrons. The average Bonchev–Trinajstić information content (AvgIpc) is 3.09. The van der Waals surface area contributed by atoms with E-state index in [4.69, 9.17) is 4.74 Å². The van der Waals surface area contributed by atoms with E-state index in [1.807, 2.05) is 66.7 Å². The lowest BCUT2D eigenvalue weighted by Crippen LogP contribution is -2.31. The fourth-order valence-electron chi connectivity index (χ4n) is 4.15. The summed E-state index contributed by atoms with van der Waals surface area (Å²) in [6.45, 7) is 1.75. The van der Waals surface area contributed by atoms with Crippen LogP contribution in [0, 0.1) is 5.92 Å². The Bertz CT molecular complexity index is 1140. The van der Waals surface area contributed by atoms with Gasteiger partial charge in [-0.1, -0.05) is 61.5 Å². The highest BCUT2D eigenvalue weighted by atomic mass is 16.5. The van der Waals surface area contributed by atoms with Crippen molar-refractivity contribution in [1.82, 2.24) is 5.32 Å². The zero-order valence-corrected chi connectivity index (χ0v) is 17.6. The van der Waals surface area contributed by atoms with Gasteiger partial charge in [-0.3, -0.25) is 14.4 Å². The standard InChI is InChI=1S/C26H25NO4/c1-16(18-9-10-20-15-21(31-2)12-11-19(20)14-18)24(28)23-25(29)22(27-26(23)30)13-8-17-6-4-3-5-7-17/h3-7,9-12,14-16,22-23H,8,13H2,1-2H3,(H,27,30). The summed E-state index contributed by atoms with van der Waals surface area (Å²) in [5, 5.41) is 4.70. The fourth-order valence-corrected chi connectivity index (χ4v) is 4.15. The van der Waals surface area contributed by atoms with E-state index in [0.717, 1.165) is 27.6 Å². The van der Waals surface area contributed by atoms with Gasteiger partial charge in [0.1, 0.15) is 5.75 Å². The Kier molecular flexibility index (Phi) is 5.85. The van der Waals surface area contributed by atoms with Crippen molar-refractivity contribution >= 4 is 28.2 Å². The first-order valence-electron chi connectivity index (χ1n) is 10.5. The summed E-state index contributed by atoms with van der Waals surface area (Å²) >= 11 is 0. The third-order valence-corrected chi connectivity index (χ3v) is 6.05. The largest absolute Gasteiger partial charge is 0.497 e. The molecule has 1 saturated heterocycles. The molecule has 5 heteroatoms. The van der Waals surface area contributed by atoms with Gasteiger partial charge in [0.15, 0.2) is 17.5 Å². The van der Waals surface area contributed by atoms with Gasteiger partial charge < -0.3 is 10.1 Å². The lowest BCUT2D eigenvalue weighted by molar-refractivity contribution is -0.137. The van der Waals surface area contributed by atoms with Gasteiger partial charge in [0.2, 0.25) is 5.91 Å². The molecule has 0 aliphatic carbocycles. The van der Waals surface area contributed by atoms with Crippen LogP contribution in [0.25, 0.3) is 10.8 Å². The molecule has 1 amide bonds. The molecule has 1 N–H and O–H groups in total. The molecule has 3 unspecified atom stereocenters. The Morgan fingerprint density at radius 3 is 2.45 bits per heavy atom. The maximum atomic E-state index is 13.1. The topological polar surface area (TPSA) is 72.5 Å². The summed E-state index contributed by atoms with van der Waals surface area (Å²) in [6, 6.07) is 20.6. The second-order valence-corrected chi connectivity index (χ2v) is 8.02. The first-order chi connectivity index (χ1) is 15.0. The van der Waals surface area contributed by atoms with Gasteiger partial charge in [-0.2, -0.15) is 0 Å². The number of hydrogen-bond donors (Lipinski definition) is 1. The van der Waals surface area contributed by atoms with E-state index in [2.05, 4.69) is 5.32 Å². The highest BCUT2D eigenvalue weighted by Gasteiger charge is 2.46. The van der Waals surface area contributed by atoms with Crippen molar-refractivity contribution in [2.45, 2.75) is 31.7 Å². The molecule has 158 valence electrons. The normalized spacial score (nSPS) is 19.3. The summed E-state index contributed by atoms with van der Waals surface area (Å²) in [4.78, 5) is 38.5. The van der Waals surface area contributed by atoms with Crippen LogP contribution >= 0.6 is 0 Å². The number of rotatable bonds is 7. The third kappa shape index (κ3) is 4.22. The molecule has 0 saturated carbocycles. The number of amides is 1. The Morgan fingerprint density at radius 1 is 1.00 bits per heavy atom. The summed E-state index contributed by atoms with van der Waals surface area (Å²) in [6.07, 6.45) is 1.16.